The van der Waals surface area contributed by atoms with E-state index in [0.29, 0.717) is 6.04 Å². The van der Waals surface area contributed by atoms with Gasteiger partial charge in [-0.15, -0.1) is 0 Å². The number of hydrogen-bond acceptors (Lipinski definition) is 3. The van der Waals surface area contributed by atoms with Crippen molar-refractivity contribution >= 4 is 5.91 Å². The van der Waals surface area contributed by atoms with E-state index in [1.165, 1.54) is 18.4 Å². The molecule has 1 atom stereocenters. The summed E-state index contributed by atoms with van der Waals surface area (Å²) in [5.41, 5.74) is 2.17. The number of benzene rings is 1. The number of nitrogens with zero attached hydrogens (tertiary/aromatic N) is 3. The monoisotopic (exact) mass is 343 g/mol. The molecule has 1 aromatic carbocycles. The van der Waals surface area contributed by atoms with Crippen molar-refractivity contribution in [1.29, 1.82) is 0 Å². The highest BCUT2D eigenvalue weighted by Crippen LogP contribution is 2.19. The summed E-state index contributed by atoms with van der Waals surface area (Å²) in [6, 6.07) is 8.80. The molecule has 2 heterocycles. The predicted molar refractivity (Wildman–Crippen MR) is 103 cm³/mol. The summed E-state index contributed by atoms with van der Waals surface area (Å²) in [4.78, 5) is 20.1. The van der Waals surface area contributed by atoms with Crippen LogP contribution in [0.25, 0.3) is 0 Å². The van der Waals surface area contributed by atoms with Gasteiger partial charge in [0.05, 0.1) is 0 Å². The largest absolute Gasteiger partial charge is 0.337 e. The van der Waals surface area contributed by atoms with Gasteiger partial charge >= 0.3 is 0 Å². The van der Waals surface area contributed by atoms with Gasteiger partial charge in [0.25, 0.3) is 5.91 Å². The number of carbonyl (C=O) groups excluding carboxylic acids is 1. The first-order valence-electron chi connectivity index (χ1n) is 9.98. The van der Waals surface area contributed by atoms with E-state index in [-0.39, 0.29) is 5.91 Å². The van der Waals surface area contributed by atoms with Crippen molar-refractivity contribution in [3.05, 3.63) is 35.4 Å². The van der Waals surface area contributed by atoms with E-state index in [0.717, 1.165) is 64.1 Å². The van der Waals surface area contributed by atoms with Gasteiger partial charge in [0.2, 0.25) is 0 Å². The van der Waals surface area contributed by atoms with Crippen LogP contribution in [0.5, 0.6) is 0 Å². The highest BCUT2D eigenvalue weighted by Gasteiger charge is 2.28. The van der Waals surface area contributed by atoms with Crippen LogP contribution in [0.1, 0.15) is 48.5 Å². The Balaban J connectivity index is 1.64. The molecule has 0 aliphatic carbocycles. The molecule has 2 aliphatic heterocycles. The van der Waals surface area contributed by atoms with Gasteiger partial charge in [0.15, 0.2) is 0 Å². The second-order valence-corrected chi connectivity index (χ2v) is 7.69. The Labute approximate surface area is 152 Å². The number of likely N-dealkylation sites (tertiary alicyclic amines) is 1. The van der Waals surface area contributed by atoms with Gasteiger partial charge in [0.1, 0.15) is 0 Å². The molecule has 0 aromatic heterocycles. The summed E-state index contributed by atoms with van der Waals surface area (Å²) in [6.45, 7) is 8.53. The standard InChI is InChI=1S/C21H33N3O/c1-3-6-18-8-10-19(11-9-18)21(25)24-12-5-4-7-20(17-24)23-15-13-22(2)14-16-23/h8-11,20H,3-7,12-17H2,1-2H3. The molecule has 0 spiro atoms. The van der Waals surface area contributed by atoms with Gasteiger partial charge in [0, 0.05) is 50.9 Å². The van der Waals surface area contributed by atoms with E-state index in [2.05, 4.69) is 40.8 Å². The zero-order valence-electron chi connectivity index (χ0n) is 15.9. The second-order valence-electron chi connectivity index (χ2n) is 7.69. The Kier molecular flexibility index (Phi) is 6.49. The quantitative estimate of drug-likeness (QED) is 0.841. The van der Waals surface area contributed by atoms with Crippen molar-refractivity contribution in [2.75, 3.05) is 46.3 Å². The predicted octanol–water partition coefficient (Wildman–Crippen LogP) is 2.88. The third-order valence-electron chi connectivity index (χ3n) is 5.73. The maximum Gasteiger partial charge on any atom is 0.253 e. The third kappa shape index (κ3) is 4.83. The molecule has 0 bridgehead atoms. The first kappa shape index (κ1) is 18.4. The fourth-order valence-corrected chi connectivity index (χ4v) is 4.07. The second kappa shape index (κ2) is 8.81. The van der Waals surface area contributed by atoms with Crippen LogP contribution in [0.3, 0.4) is 0 Å². The lowest BCUT2D eigenvalue weighted by Gasteiger charge is -2.39. The van der Waals surface area contributed by atoms with Gasteiger partial charge in [-0.1, -0.05) is 31.9 Å². The average molecular weight is 344 g/mol. The average Bonchev–Trinajstić information content (AvgIpc) is 2.89. The van der Waals surface area contributed by atoms with Crippen molar-refractivity contribution in [3.8, 4) is 0 Å². The van der Waals surface area contributed by atoms with E-state index < -0.39 is 0 Å². The van der Waals surface area contributed by atoms with Crippen molar-refractivity contribution in [2.24, 2.45) is 0 Å². The van der Waals surface area contributed by atoms with Crippen LogP contribution in [-0.2, 0) is 6.42 Å². The molecule has 2 fully saturated rings. The molecule has 0 radical (unpaired) electrons. The lowest BCUT2D eigenvalue weighted by atomic mass is 10.1. The maximum absolute atomic E-state index is 13.0. The van der Waals surface area contributed by atoms with Crippen LogP contribution in [0.2, 0.25) is 0 Å². The first-order valence-corrected chi connectivity index (χ1v) is 9.98. The van der Waals surface area contributed by atoms with Crippen LogP contribution in [0.15, 0.2) is 24.3 Å². The summed E-state index contributed by atoms with van der Waals surface area (Å²) >= 11 is 0. The van der Waals surface area contributed by atoms with Crippen molar-refractivity contribution in [2.45, 2.75) is 45.1 Å². The van der Waals surface area contributed by atoms with Crippen LogP contribution in [0, 0.1) is 0 Å². The van der Waals surface area contributed by atoms with Crippen molar-refractivity contribution in [1.82, 2.24) is 14.7 Å². The van der Waals surface area contributed by atoms with Crippen LogP contribution in [0.4, 0.5) is 0 Å². The molecule has 25 heavy (non-hydrogen) atoms. The van der Waals surface area contributed by atoms with Crippen LogP contribution in [-0.4, -0.2) is 73.0 Å². The summed E-state index contributed by atoms with van der Waals surface area (Å²) in [7, 11) is 2.20. The van der Waals surface area contributed by atoms with E-state index in [4.69, 9.17) is 0 Å². The van der Waals surface area contributed by atoms with Gasteiger partial charge in [-0.05, 0) is 44.0 Å². The molecular weight excluding hydrogens is 310 g/mol. The number of hydrogen-bond donors (Lipinski definition) is 0. The van der Waals surface area contributed by atoms with Crippen molar-refractivity contribution in [3.63, 3.8) is 0 Å². The molecule has 2 saturated heterocycles. The minimum absolute atomic E-state index is 0.212. The molecule has 1 amide bonds. The Bertz CT molecular complexity index is 549. The lowest BCUT2D eigenvalue weighted by Crippen LogP contribution is -2.52. The van der Waals surface area contributed by atoms with Gasteiger partial charge in [-0.3, -0.25) is 9.69 Å². The molecule has 3 rings (SSSR count). The molecule has 0 N–H and O–H groups in total. The molecular formula is C21H33N3O. The topological polar surface area (TPSA) is 26.8 Å². The number of carbonyl (C=O) groups is 1. The lowest BCUT2D eigenvalue weighted by molar-refractivity contribution is 0.0631. The van der Waals surface area contributed by atoms with E-state index >= 15 is 0 Å². The molecule has 2 aliphatic rings. The Morgan fingerprint density at radius 3 is 2.44 bits per heavy atom. The van der Waals surface area contributed by atoms with E-state index in [9.17, 15) is 4.79 Å². The summed E-state index contributed by atoms with van der Waals surface area (Å²) in [6.07, 6.45) is 5.82. The van der Waals surface area contributed by atoms with Gasteiger partial charge < -0.3 is 9.80 Å². The molecule has 0 saturated carbocycles. The van der Waals surface area contributed by atoms with Crippen LogP contribution >= 0.6 is 0 Å². The number of likely N-dealkylation sites (N-methyl/N-ethyl adjacent to an activating group) is 1. The number of piperazine rings is 1. The molecule has 4 heteroatoms. The zero-order valence-corrected chi connectivity index (χ0v) is 15.9. The van der Waals surface area contributed by atoms with Gasteiger partial charge in [-0.2, -0.15) is 0 Å². The minimum atomic E-state index is 0.212. The van der Waals surface area contributed by atoms with E-state index in [1.54, 1.807) is 0 Å². The molecule has 1 unspecified atom stereocenters. The third-order valence-corrected chi connectivity index (χ3v) is 5.73. The van der Waals surface area contributed by atoms with Crippen molar-refractivity contribution < 1.29 is 4.79 Å². The number of amides is 1. The fourth-order valence-electron chi connectivity index (χ4n) is 4.07. The summed E-state index contributed by atoms with van der Waals surface area (Å²) < 4.78 is 0. The molecule has 138 valence electrons. The zero-order chi connectivity index (χ0) is 17.6. The number of rotatable bonds is 4. The van der Waals surface area contributed by atoms with E-state index in [1.807, 2.05) is 12.1 Å². The Morgan fingerprint density at radius 2 is 1.76 bits per heavy atom. The highest BCUT2D eigenvalue weighted by molar-refractivity contribution is 5.94. The summed E-state index contributed by atoms with van der Waals surface area (Å²) in [5, 5.41) is 0. The minimum Gasteiger partial charge on any atom is -0.337 e. The highest BCUT2D eigenvalue weighted by atomic mass is 16.2. The fraction of sp³-hybridized carbons (Fsp3) is 0.667. The molecule has 4 nitrogen and oxygen atoms in total. The maximum atomic E-state index is 13.0. The SMILES string of the molecule is CCCc1ccc(C(=O)N2CCCCC(N3CCN(C)CC3)C2)cc1. The Hall–Kier alpha value is -1.39. The van der Waals surface area contributed by atoms with Gasteiger partial charge in [-0.25, -0.2) is 0 Å². The first-order chi connectivity index (χ1) is 12.2. The Morgan fingerprint density at radius 1 is 1.04 bits per heavy atom. The number of aryl methyl sites for hydroxylation is 1. The van der Waals surface area contributed by atoms with Crippen LogP contribution < -0.4 is 0 Å². The normalized spacial score (nSPS) is 23.4. The molecule has 1 aromatic rings. The smallest absolute Gasteiger partial charge is 0.253 e. The summed E-state index contributed by atoms with van der Waals surface area (Å²) in [5.74, 6) is 0.212.